The molecule has 1 aromatic carbocycles. The topological polar surface area (TPSA) is 65.5 Å². The van der Waals surface area contributed by atoms with Gasteiger partial charge in [0.15, 0.2) is 0 Å². The molecular weight excluding hydrogens is 364 g/mol. The normalized spacial score (nSPS) is 15.9. The van der Waals surface area contributed by atoms with Crippen molar-refractivity contribution >= 4 is 23.3 Å². The van der Waals surface area contributed by atoms with Crippen LogP contribution in [0.25, 0.3) is 5.57 Å². The number of nitrogens with one attached hydrogen (secondary N) is 1. The molecule has 0 aliphatic carbocycles. The SMILES string of the molecule is CC(C)C(=O)N1CC=C(c2ccc(NC(=O)N3Cc4ccccc4C3)nc2)CC1. The zero-order valence-electron chi connectivity index (χ0n) is 16.9. The Balaban J connectivity index is 1.35. The third kappa shape index (κ3) is 4.16. The van der Waals surface area contributed by atoms with Crippen LogP contribution < -0.4 is 5.32 Å². The zero-order valence-corrected chi connectivity index (χ0v) is 16.9. The molecule has 0 radical (unpaired) electrons. The van der Waals surface area contributed by atoms with Gasteiger partial charge in [-0.1, -0.05) is 44.2 Å². The number of amides is 3. The summed E-state index contributed by atoms with van der Waals surface area (Å²) in [6.07, 6.45) is 4.71. The lowest BCUT2D eigenvalue weighted by Crippen LogP contribution is -2.37. The molecule has 0 bridgehead atoms. The van der Waals surface area contributed by atoms with E-state index in [4.69, 9.17) is 0 Å². The number of urea groups is 1. The van der Waals surface area contributed by atoms with Gasteiger partial charge in [0.05, 0.1) is 0 Å². The second-order valence-electron chi connectivity index (χ2n) is 7.91. The van der Waals surface area contributed by atoms with Crippen LogP contribution >= 0.6 is 0 Å². The average molecular weight is 390 g/mol. The minimum Gasteiger partial charge on any atom is -0.338 e. The van der Waals surface area contributed by atoms with Gasteiger partial charge in [-0.25, -0.2) is 9.78 Å². The van der Waals surface area contributed by atoms with E-state index >= 15 is 0 Å². The number of benzene rings is 1. The van der Waals surface area contributed by atoms with Gasteiger partial charge in [0, 0.05) is 38.3 Å². The Kier molecular flexibility index (Phi) is 5.34. The van der Waals surface area contributed by atoms with Gasteiger partial charge < -0.3 is 9.80 Å². The van der Waals surface area contributed by atoms with Gasteiger partial charge in [-0.3, -0.25) is 10.1 Å². The van der Waals surface area contributed by atoms with E-state index in [-0.39, 0.29) is 17.9 Å². The Labute approximate surface area is 171 Å². The molecule has 1 aromatic heterocycles. The fraction of sp³-hybridized carbons (Fsp3) is 0.348. The number of carbonyl (C=O) groups is 2. The first-order chi connectivity index (χ1) is 14.0. The monoisotopic (exact) mass is 390 g/mol. The Bertz CT molecular complexity index is 925. The molecule has 4 rings (SSSR count). The van der Waals surface area contributed by atoms with Crippen LogP contribution in [0.3, 0.4) is 0 Å². The minimum atomic E-state index is -0.138. The Morgan fingerprint density at radius 3 is 2.31 bits per heavy atom. The van der Waals surface area contributed by atoms with Gasteiger partial charge in [-0.15, -0.1) is 0 Å². The minimum absolute atomic E-state index is 0.0258. The summed E-state index contributed by atoms with van der Waals surface area (Å²) >= 11 is 0. The predicted molar refractivity (Wildman–Crippen MR) is 113 cm³/mol. The highest BCUT2D eigenvalue weighted by molar-refractivity contribution is 5.89. The molecule has 29 heavy (non-hydrogen) atoms. The van der Waals surface area contributed by atoms with E-state index in [9.17, 15) is 9.59 Å². The number of nitrogens with zero attached hydrogens (tertiary/aromatic N) is 3. The van der Waals surface area contributed by atoms with Crippen LogP contribution in [0.2, 0.25) is 0 Å². The average Bonchev–Trinajstić information content (AvgIpc) is 3.18. The number of pyridine rings is 1. The Hall–Kier alpha value is -3.15. The molecule has 0 spiro atoms. The first-order valence-corrected chi connectivity index (χ1v) is 10.1. The molecule has 0 saturated carbocycles. The molecule has 0 saturated heterocycles. The van der Waals surface area contributed by atoms with Gasteiger partial charge in [-0.05, 0) is 40.8 Å². The molecular formula is C23H26N4O2. The molecule has 3 amide bonds. The summed E-state index contributed by atoms with van der Waals surface area (Å²) in [6, 6.07) is 11.8. The molecule has 0 unspecified atom stereocenters. The largest absolute Gasteiger partial charge is 0.338 e. The molecule has 6 heteroatoms. The second-order valence-corrected chi connectivity index (χ2v) is 7.91. The molecule has 0 atom stereocenters. The van der Waals surface area contributed by atoms with Crippen molar-refractivity contribution in [2.24, 2.45) is 5.92 Å². The molecule has 150 valence electrons. The van der Waals surface area contributed by atoms with Gasteiger partial charge in [0.25, 0.3) is 0 Å². The Morgan fingerprint density at radius 1 is 1.03 bits per heavy atom. The van der Waals surface area contributed by atoms with Gasteiger partial charge in [-0.2, -0.15) is 0 Å². The molecule has 2 aliphatic rings. The third-order valence-corrected chi connectivity index (χ3v) is 5.51. The van der Waals surface area contributed by atoms with Crippen molar-refractivity contribution in [2.75, 3.05) is 18.4 Å². The van der Waals surface area contributed by atoms with Crippen LogP contribution in [-0.4, -0.2) is 39.8 Å². The summed E-state index contributed by atoms with van der Waals surface area (Å²) in [5.41, 5.74) is 4.62. The number of hydrogen-bond donors (Lipinski definition) is 1. The number of hydrogen-bond acceptors (Lipinski definition) is 3. The summed E-state index contributed by atoms with van der Waals surface area (Å²) < 4.78 is 0. The van der Waals surface area contributed by atoms with Crippen molar-refractivity contribution < 1.29 is 9.59 Å². The highest BCUT2D eigenvalue weighted by Gasteiger charge is 2.23. The van der Waals surface area contributed by atoms with E-state index in [1.54, 1.807) is 11.1 Å². The van der Waals surface area contributed by atoms with E-state index in [1.807, 2.05) is 43.0 Å². The van der Waals surface area contributed by atoms with E-state index < -0.39 is 0 Å². The molecule has 2 aromatic rings. The van der Waals surface area contributed by atoms with Crippen LogP contribution in [0, 0.1) is 5.92 Å². The molecule has 0 fully saturated rings. The third-order valence-electron chi connectivity index (χ3n) is 5.51. The van der Waals surface area contributed by atoms with Gasteiger partial charge >= 0.3 is 6.03 Å². The predicted octanol–water partition coefficient (Wildman–Crippen LogP) is 3.90. The lowest BCUT2D eigenvalue weighted by atomic mass is 10.0. The van der Waals surface area contributed by atoms with Crippen LogP contribution in [0.4, 0.5) is 10.6 Å². The zero-order chi connectivity index (χ0) is 20.4. The standard InChI is InChI=1S/C23H26N4O2/c1-16(2)22(28)26-11-9-17(10-12-26)18-7-8-21(24-13-18)25-23(29)27-14-19-5-3-4-6-20(19)15-27/h3-9,13,16H,10-12,14-15H2,1-2H3,(H,24,25,29). The smallest absolute Gasteiger partial charge is 0.323 e. The van der Waals surface area contributed by atoms with Crippen molar-refractivity contribution in [3.8, 4) is 0 Å². The quantitative estimate of drug-likeness (QED) is 0.864. The number of aromatic nitrogens is 1. The maximum absolute atomic E-state index is 12.6. The fourth-order valence-corrected chi connectivity index (χ4v) is 3.82. The molecule has 6 nitrogen and oxygen atoms in total. The number of rotatable bonds is 3. The molecule has 2 aliphatic heterocycles. The van der Waals surface area contributed by atoms with E-state index in [0.717, 1.165) is 18.5 Å². The van der Waals surface area contributed by atoms with E-state index in [1.165, 1.54) is 16.7 Å². The molecule has 1 N–H and O–H groups in total. The van der Waals surface area contributed by atoms with Crippen LogP contribution in [0.15, 0.2) is 48.7 Å². The lowest BCUT2D eigenvalue weighted by molar-refractivity contribution is -0.134. The van der Waals surface area contributed by atoms with Crippen LogP contribution in [-0.2, 0) is 17.9 Å². The van der Waals surface area contributed by atoms with Crippen LogP contribution in [0.1, 0.15) is 37.0 Å². The summed E-state index contributed by atoms with van der Waals surface area (Å²) in [7, 11) is 0. The summed E-state index contributed by atoms with van der Waals surface area (Å²) in [4.78, 5) is 32.8. The summed E-state index contributed by atoms with van der Waals surface area (Å²) in [5.74, 6) is 0.765. The van der Waals surface area contributed by atoms with Gasteiger partial charge in [0.2, 0.25) is 5.91 Å². The second kappa shape index (κ2) is 8.07. The summed E-state index contributed by atoms with van der Waals surface area (Å²) in [5, 5.41) is 2.89. The van der Waals surface area contributed by atoms with Crippen LogP contribution in [0.5, 0.6) is 0 Å². The van der Waals surface area contributed by atoms with Crippen molar-refractivity contribution in [1.82, 2.24) is 14.8 Å². The highest BCUT2D eigenvalue weighted by Crippen LogP contribution is 2.25. The first kappa shape index (κ1) is 19.2. The highest BCUT2D eigenvalue weighted by atomic mass is 16.2. The van der Waals surface area contributed by atoms with Crippen molar-refractivity contribution in [1.29, 1.82) is 0 Å². The summed E-state index contributed by atoms with van der Waals surface area (Å²) in [6.45, 7) is 6.48. The maximum Gasteiger partial charge on any atom is 0.323 e. The van der Waals surface area contributed by atoms with Crippen molar-refractivity contribution in [2.45, 2.75) is 33.4 Å². The van der Waals surface area contributed by atoms with Crippen molar-refractivity contribution in [3.63, 3.8) is 0 Å². The number of fused-ring (bicyclic) bond motifs is 1. The van der Waals surface area contributed by atoms with Crippen molar-refractivity contribution in [3.05, 3.63) is 65.4 Å². The fourth-order valence-electron chi connectivity index (χ4n) is 3.82. The lowest BCUT2D eigenvalue weighted by Gasteiger charge is -2.28. The molecule has 3 heterocycles. The van der Waals surface area contributed by atoms with E-state index in [2.05, 4.69) is 28.5 Å². The Morgan fingerprint density at radius 2 is 1.76 bits per heavy atom. The first-order valence-electron chi connectivity index (χ1n) is 10.1. The number of anilines is 1. The van der Waals surface area contributed by atoms with E-state index in [0.29, 0.717) is 25.5 Å². The van der Waals surface area contributed by atoms with Gasteiger partial charge in [0.1, 0.15) is 5.82 Å². The number of carbonyl (C=O) groups excluding carboxylic acids is 2. The maximum atomic E-state index is 12.6.